The molecule has 1 heterocycles. The number of fused-ring (bicyclic) bond motifs is 1. The molecule has 0 aromatic heterocycles. The summed E-state index contributed by atoms with van der Waals surface area (Å²) in [5, 5.41) is 4.51. The first kappa shape index (κ1) is 15.6. The highest BCUT2D eigenvalue weighted by atomic mass is 127. The molecule has 2 aromatic carbocycles. The highest BCUT2D eigenvalue weighted by Crippen LogP contribution is 2.25. The van der Waals surface area contributed by atoms with Crippen LogP contribution in [0.15, 0.2) is 36.4 Å². The van der Waals surface area contributed by atoms with Gasteiger partial charge in [-0.2, -0.15) is 0 Å². The fraction of sp³-hybridized carbons (Fsp3) is 0.294. The van der Waals surface area contributed by atoms with E-state index in [2.05, 4.69) is 98.8 Å². The molecule has 1 radical (unpaired) electrons. The van der Waals surface area contributed by atoms with E-state index in [4.69, 9.17) is 0 Å². The van der Waals surface area contributed by atoms with E-state index in [1.807, 2.05) is 0 Å². The molecule has 0 saturated heterocycles. The smallest absolute Gasteiger partial charge is 0.0437 e. The van der Waals surface area contributed by atoms with Crippen molar-refractivity contribution in [2.24, 2.45) is 0 Å². The first-order valence-corrected chi connectivity index (χ1v) is 9.20. The van der Waals surface area contributed by atoms with E-state index < -0.39 is 0 Å². The molecule has 1 aliphatic rings. The molecule has 3 rings (SSSR count). The Kier molecular flexibility index (Phi) is 5.06. The fourth-order valence-electron chi connectivity index (χ4n) is 2.66. The predicted molar refractivity (Wildman–Crippen MR) is 105 cm³/mol. The Morgan fingerprint density at radius 1 is 1.14 bits per heavy atom. The molecule has 109 valence electrons. The number of benzene rings is 2. The monoisotopic (exact) mass is 503 g/mol. The van der Waals surface area contributed by atoms with E-state index in [9.17, 15) is 0 Å². The SMILES string of the molecule is CN(Cc1cccc(I)c1I)c1ccc2c(c1)C[N]CC2. The van der Waals surface area contributed by atoms with Crippen molar-refractivity contribution in [3.63, 3.8) is 0 Å². The average Bonchev–Trinajstić information content (AvgIpc) is 2.51. The number of rotatable bonds is 3. The van der Waals surface area contributed by atoms with Crippen molar-refractivity contribution >= 4 is 50.9 Å². The Morgan fingerprint density at radius 2 is 2.00 bits per heavy atom. The van der Waals surface area contributed by atoms with Crippen molar-refractivity contribution in [1.29, 1.82) is 0 Å². The van der Waals surface area contributed by atoms with Gasteiger partial charge in [0.2, 0.25) is 0 Å². The minimum Gasteiger partial charge on any atom is -0.370 e. The lowest BCUT2D eigenvalue weighted by Crippen LogP contribution is -2.20. The summed E-state index contributed by atoms with van der Waals surface area (Å²) in [6, 6.07) is 13.3. The lowest BCUT2D eigenvalue weighted by Gasteiger charge is -2.23. The van der Waals surface area contributed by atoms with E-state index in [0.29, 0.717) is 0 Å². The maximum Gasteiger partial charge on any atom is 0.0437 e. The minimum atomic E-state index is 0.873. The molecule has 0 fully saturated rings. The number of anilines is 1. The summed E-state index contributed by atoms with van der Waals surface area (Å²) >= 11 is 4.84. The zero-order valence-corrected chi connectivity index (χ0v) is 16.3. The van der Waals surface area contributed by atoms with Crippen molar-refractivity contribution in [3.8, 4) is 0 Å². The number of hydrogen-bond acceptors (Lipinski definition) is 1. The Labute approximate surface area is 153 Å². The van der Waals surface area contributed by atoms with Crippen LogP contribution >= 0.6 is 45.2 Å². The summed E-state index contributed by atoms with van der Waals surface area (Å²) < 4.78 is 2.68. The van der Waals surface area contributed by atoms with Gasteiger partial charge in [0.25, 0.3) is 0 Å². The highest BCUT2D eigenvalue weighted by Gasteiger charge is 2.12. The quantitative estimate of drug-likeness (QED) is 0.575. The molecule has 0 saturated carbocycles. The Morgan fingerprint density at radius 3 is 2.86 bits per heavy atom. The van der Waals surface area contributed by atoms with Crippen LogP contribution in [0.1, 0.15) is 16.7 Å². The van der Waals surface area contributed by atoms with E-state index in [1.165, 1.54) is 29.5 Å². The number of nitrogens with zero attached hydrogens (tertiary/aromatic N) is 2. The molecule has 0 amide bonds. The van der Waals surface area contributed by atoms with E-state index in [0.717, 1.165) is 26.1 Å². The van der Waals surface area contributed by atoms with Gasteiger partial charge in [0.1, 0.15) is 0 Å². The van der Waals surface area contributed by atoms with Gasteiger partial charge in [0, 0.05) is 39.5 Å². The maximum absolute atomic E-state index is 4.51. The molecule has 4 heteroatoms. The van der Waals surface area contributed by atoms with Crippen LogP contribution in [0, 0.1) is 7.14 Å². The summed E-state index contributed by atoms with van der Waals surface area (Å²) in [5.74, 6) is 0. The van der Waals surface area contributed by atoms with Gasteiger partial charge in [-0.05, 0) is 86.5 Å². The molecule has 0 bridgehead atoms. The van der Waals surface area contributed by atoms with E-state index in [1.54, 1.807) is 0 Å². The normalized spacial score (nSPS) is 13.9. The van der Waals surface area contributed by atoms with Crippen LogP contribution in [-0.2, 0) is 19.5 Å². The molecular formula is C17H17I2N2. The molecule has 2 nitrogen and oxygen atoms in total. The van der Waals surface area contributed by atoms with E-state index >= 15 is 0 Å². The molecule has 21 heavy (non-hydrogen) atoms. The second-order valence-electron chi connectivity index (χ2n) is 5.38. The predicted octanol–water partition coefficient (Wildman–Crippen LogP) is 4.19. The Balaban J connectivity index is 1.82. The zero-order valence-electron chi connectivity index (χ0n) is 11.9. The molecule has 0 atom stereocenters. The van der Waals surface area contributed by atoms with Gasteiger partial charge in [0.05, 0.1) is 0 Å². The van der Waals surface area contributed by atoms with Crippen LogP contribution in [-0.4, -0.2) is 13.6 Å². The number of hydrogen-bond donors (Lipinski definition) is 0. The van der Waals surface area contributed by atoms with Gasteiger partial charge in [-0.1, -0.05) is 18.2 Å². The lowest BCUT2D eigenvalue weighted by atomic mass is 10.00. The van der Waals surface area contributed by atoms with E-state index in [-0.39, 0.29) is 0 Å². The largest absolute Gasteiger partial charge is 0.370 e. The fourth-order valence-corrected chi connectivity index (χ4v) is 3.74. The number of halogens is 2. The molecule has 1 aliphatic heterocycles. The lowest BCUT2D eigenvalue weighted by molar-refractivity contribution is 0.630. The van der Waals surface area contributed by atoms with Crippen LogP contribution in [0.4, 0.5) is 5.69 Å². The molecule has 2 aromatic rings. The summed E-state index contributed by atoms with van der Waals surface area (Å²) in [5.41, 5.74) is 5.52. The average molecular weight is 503 g/mol. The van der Waals surface area contributed by atoms with Gasteiger partial charge in [0.15, 0.2) is 0 Å². The first-order valence-electron chi connectivity index (χ1n) is 7.04. The van der Waals surface area contributed by atoms with Gasteiger partial charge >= 0.3 is 0 Å². The van der Waals surface area contributed by atoms with Crippen molar-refractivity contribution in [2.45, 2.75) is 19.5 Å². The summed E-state index contributed by atoms with van der Waals surface area (Å²) in [6.07, 6.45) is 1.09. The summed E-state index contributed by atoms with van der Waals surface area (Å²) in [7, 11) is 2.16. The first-order chi connectivity index (χ1) is 10.1. The van der Waals surface area contributed by atoms with Crippen molar-refractivity contribution < 1.29 is 0 Å². The van der Waals surface area contributed by atoms with Crippen LogP contribution in [0.3, 0.4) is 0 Å². The molecule has 0 N–H and O–H groups in total. The minimum absolute atomic E-state index is 0.873. The van der Waals surface area contributed by atoms with Crippen LogP contribution in [0.5, 0.6) is 0 Å². The second kappa shape index (κ2) is 6.83. The third-order valence-electron chi connectivity index (χ3n) is 3.89. The van der Waals surface area contributed by atoms with Crippen molar-refractivity contribution in [1.82, 2.24) is 5.32 Å². The van der Waals surface area contributed by atoms with Gasteiger partial charge in [-0.15, -0.1) is 0 Å². The summed E-state index contributed by atoms with van der Waals surface area (Å²) in [6.45, 7) is 2.78. The molecule has 0 aliphatic carbocycles. The maximum atomic E-state index is 4.51. The Hall–Kier alpha value is -0.340. The zero-order chi connectivity index (χ0) is 14.8. The summed E-state index contributed by atoms with van der Waals surface area (Å²) in [4.78, 5) is 2.32. The Bertz CT molecular complexity index is 655. The third kappa shape index (κ3) is 3.53. The van der Waals surface area contributed by atoms with Crippen molar-refractivity contribution in [3.05, 3.63) is 60.2 Å². The topological polar surface area (TPSA) is 17.3 Å². The molecular weight excluding hydrogens is 486 g/mol. The third-order valence-corrected chi connectivity index (χ3v) is 7.10. The van der Waals surface area contributed by atoms with Gasteiger partial charge in [-0.25, -0.2) is 5.32 Å². The van der Waals surface area contributed by atoms with Gasteiger partial charge in [-0.3, -0.25) is 0 Å². The standard InChI is InChI=1S/C17H17I2N2/c1-21(11-13-3-2-4-16(18)17(13)19)15-6-5-12-7-8-20-10-14(12)9-15/h2-6,9H,7-8,10-11H2,1H3. The van der Waals surface area contributed by atoms with Crippen LogP contribution in [0.2, 0.25) is 0 Å². The van der Waals surface area contributed by atoms with Gasteiger partial charge < -0.3 is 4.90 Å². The highest BCUT2D eigenvalue weighted by molar-refractivity contribution is 14.1. The second-order valence-corrected chi connectivity index (χ2v) is 7.62. The van der Waals surface area contributed by atoms with Crippen LogP contribution in [0.25, 0.3) is 0 Å². The molecule has 0 unspecified atom stereocenters. The van der Waals surface area contributed by atoms with Crippen LogP contribution < -0.4 is 10.2 Å². The van der Waals surface area contributed by atoms with Crippen molar-refractivity contribution in [2.75, 3.05) is 18.5 Å². The molecule has 0 spiro atoms.